The number of halogens is 3. The molecule has 5 aliphatic rings. The van der Waals surface area contributed by atoms with Crippen molar-refractivity contribution >= 4 is 39.3 Å². The first-order valence-electron chi connectivity index (χ1n) is 13.0. The largest absolute Gasteiger partial charge is 0.404 e. The Morgan fingerprint density at radius 2 is 1.89 bits per heavy atom. The summed E-state index contributed by atoms with van der Waals surface area (Å²) in [4.78, 5) is 28.6. The van der Waals surface area contributed by atoms with Crippen molar-refractivity contribution in [1.29, 1.82) is 0 Å². The molecule has 1 aromatic heterocycles. The maximum Gasteiger partial charge on any atom is 0.404 e. The van der Waals surface area contributed by atoms with Crippen LogP contribution >= 0.6 is 27.5 Å². The van der Waals surface area contributed by atoms with Crippen molar-refractivity contribution in [3.05, 3.63) is 55.4 Å². The highest BCUT2D eigenvalue weighted by molar-refractivity contribution is 9.10. The minimum Gasteiger partial charge on any atom is -0.358 e. The summed E-state index contributed by atoms with van der Waals surface area (Å²) in [7, 11) is 0. The first-order chi connectivity index (χ1) is 17.7. The lowest BCUT2D eigenvalue weighted by molar-refractivity contribution is -0.390. The van der Waals surface area contributed by atoms with Gasteiger partial charge < -0.3 is 15.0 Å². The van der Waals surface area contributed by atoms with Crippen LogP contribution in [-0.4, -0.2) is 56.6 Å². The lowest BCUT2D eigenvalue weighted by Crippen LogP contribution is -2.58. The predicted molar refractivity (Wildman–Crippen MR) is 140 cm³/mol. The molecule has 1 amide bonds. The number of nitro groups is 1. The van der Waals surface area contributed by atoms with Gasteiger partial charge in [0, 0.05) is 49.7 Å². The van der Waals surface area contributed by atoms with E-state index in [9.17, 15) is 19.3 Å². The molecular weight excluding hydrogens is 565 g/mol. The normalized spacial score (nSPS) is 31.2. The molecule has 2 unspecified atom stereocenters. The third-order valence-corrected chi connectivity index (χ3v) is 10.1. The van der Waals surface area contributed by atoms with Crippen LogP contribution in [0.2, 0.25) is 5.02 Å². The number of hydrogen-bond acceptors (Lipinski definition) is 5. The second-order valence-corrected chi connectivity index (χ2v) is 13.0. The molecule has 37 heavy (non-hydrogen) atoms. The molecule has 2 atom stereocenters. The number of carbonyl (C=O) groups is 1. The van der Waals surface area contributed by atoms with E-state index in [0.717, 1.165) is 32.1 Å². The van der Waals surface area contributed by atoms with Crippen molar-refractivity contribution in [2.45, 2.75) is 57.0 Å². The zero-order chi connectivity index (χ0) is 25.9. The minimum absolute atomic E-state index is 0.0772. The zero-order valence-electron chi connectivity index (χ0n) is 20.5. The van der Waals surface area contributed by atoms with Gasteiger partial charge in [-0.1, -0.05) is 17.7 Å². The average Bonchev–Trinajstić information content (AvgIpc) is 3.24. The fraction of sp³-hybridized carbons (Fsp3) is 0.615. The third kappa shape index (κ3) is 4.59. The zero-order valence-corrected chi connectivity index (χ0v) is 22.9. The molecule has 1 aliphatic heterocycles. The van der Waals surface area contributed by atoms with Gasteiger partial charge in [0.15, 0.2) is 0 Å². The molecule has 5 fully saturated rings. The second kappa shape index (κ2) is 9.31. The predicted octanol–water partition coefficient (Wildman–Crippen LogP) is 5.38. The summed E-state index contributed by atoms with van der Waals surface area (Å²) in [6.45, 7) is 3.05. The van der Waals surface area contributed by atoms with Crippen molar-refractivity contribution < 1.29 is 14.1 Å². The van der Waals surface area contributed by atoms with Gasteiger partial charge >= 0.3 is 5.82 Å². The molecule has 4 aliphatic carbocycles. The first-order valence-corrected chi connectivity index (χ1v) is 14.2. The molecule has 0 N–H and O–H groups in total. The van der Waals surface area contributed by atoms with E-state index in [0.29, 0.717) is 66.0 Å². The Hall–Kier alpha value is -2.04. The maximum atomic E-state index is 14.2. The Morgan fingerprint density at radius 1 is 1.19 bits per heavy atom. The summed E-state index contributed by atoms with van der Waals surface area (Å²) in [6.07, 6.45) is 8.35. The summed E-state index contributed by atoms with van der Waals surface area (Å²) in [5, 5.41) is 16.2. The molecule has 2 aromatic rings. The molecule has 7 rings (SSSR count). The summed E-state index contributed by atoms with van der Waals surface area (Å²) in [6, 6.07) is 4.75. The molecule has 11 heteroatoms. The SMILES string of the molecule is O=C(CC12CC3CC(C1)CC(n1cc(Br)c([N+](=O)[O-])n1)(C3)C2)N1CCN(Cc2c(F)cccc2Cl)CC1. The molecule has 1 aromatic carbocycles. The fourth-order valence-corrected chi connectivity index (χ4v) is 8.72. The monoisotopic (exact) mass is 593 g/mol. The number of benzene rings is 1. The van der Waals surface area contributed by atoms with Crippen LogP contribution in [0.4, 0.5) is 10.2 Å². The Balaban J connectivity index is 1.13. The smallest absolute Gasteiger partial charge is 0.358 e. The Kier molecular flexibility index (Phi) is 6.35. The Morgan fingerprint density at radius 3 is 2.51 bits per heavy atom. The fourth-order valence-electron chi connectivity index (χ4n) is 8.08. The lowest BCUT2D eigenvalue weighted by Gasteiger charge is -2.61. The number of hydrogen-bond donors (Lipinski definition) is 0. The van der Waals surface area contributed by atoms with Gasteiger partial charge in [0.25, 0.3) is 0 Å². The quantitative estimate of drug-likeness (QED) is 0.331. The van der Waals surface area contributed by atoms with Gasteiger partial charge in [-0.25, -0.2) is 4.39 Å². The van der Waals surface area contributed by atoms with E-state index in [1.54, 1.807) is 18.3 Å². The molecule has 4 bridgehead atoms. The molecule has 8 nitrogen and oxygen atoms in total. The molecule has 2 heterocycles. The van der Waals surface area contributed by atoms with Crippen molar-refractivity contribution in [2.75, 3.05) is 26.2 Å². The second-order valence-electron chi connectivity index (χ2n) is 11.7. The minimum atomic E-state index is -0.444. The topological polar surface area (TPSA) is 84.5 Å². The van der Waals surface area contributed by atoms with Crippen LogP contribution in [-0.2, 0) is 16.9 Å². The standard InChI is InChI=1S/C26H30BrClFN5O3/c27-20-15-33(30-24(20)34(36)37)26-11-17-8-18(12-26)10-25(9-17,16-26)13-23(35)32-6-4-31(5-7-32)14-19-21(28)2-1-3-22(19)29/h1-3,15,17-18H,4-14,16H2. The van der Waals surface area contributed by atoms with Crippen LogP contribution in [0.25, 0.3) is 0 Å². The molecular formula is C26H30BrClFN5O3. The highest BCUT2D eigenvalue weighted by Gasteiger charge is 2.60. The average molecular weight is 595 g/mol. The number of aromatic nitrogens is 2. The highest BCUT2D eigenvalue weighted by Crippen LogP contribution is 2.65. The number of amides is 1. The Bertz CT molecular complexity index is 1210. The summed E-state index contributed by atoms with van der Waals surface area (Å²) in [5.41, 5.74) is 0.179. The van der Waals surface area contributed by atoms with Gasteiger partial charge in [-0.15, -0.1) is 0 Å². The molecule has 198 valence electrons. The van der Waals surface area contributed by atoms with Gasteiger partial charge in [-0.05, 0) is 88.8 Å². The van der Waals surface area contributed by atoms with Crippen molar-refractivity contribution in [3.8, 4) is 0 Å². The van der Waals surface area contributed by atoms with Gasteiger partial charge in [0.05, 0.1) is 16.8 Å². The van der Waals surface area contributed by atoms with Crippen molar-refractivity contribution in [2.24, 2.45) is 17.3 Å². The van der Waals surface area contributed by atoms with Crippen LogP contribution in [0.15, 0.2) is 28.9 Å². The molecule has 0 spiro atoms. The van der Waals surface area contributed by atoms with E-state index in [1.807, 2.05) is 9.58 Å². The first kappa shape index (κ1) is 25.2. The third-order valence-electron chi connectivity index (χ3n) is 9.16. The van der Waals surface area contributed by atoms with Gasteiger partial charge in [-0.2, -0.15) is 4.68 Å². The molecule has 0 radical (unpaired) electrons. The lowest BCUT2D eigenvalue weighted by atomic mass is 9.46. The summed E-state index contributed by atoms with van der Waals surface area (Å²) >= 11 is 9.53. The number of rotatable bonds is 6. The number of carbonyl (C=O) groups excluding carboxylic acids is 1. The van der Waals surface area contributed by atoms with E-state index in [4.69, 9.17) is 11.6 Å². The van der Waals surface area contributed by atoms with E-state index < -0.39 is 4.92 Å². The van der Waals surface area contributed by atoms with E-state index >= 15 is 0 Å². The van der Waals surface area contributed by atoms with E-state index in [1.165, 1.54) is 12.5 Å². The van der Waals surface area contributed by atoms with Gasteiger partial charge in [-0.3, -0.25) is 9.69 Å². The van der Waals surface area contributed by atoms with Gasteiger partial charge in [0.1, 0.15) is 10.3 Å². The van der Waals surface area contributed by atoms with E-state index in [2.05, 4.69) is 25.9 Å². The van der Waals surface area contributed by atoms with Gasteiger partial charge in [0.2, 0.25) is 5.91 Å². The number of piperazine rings is 1. The maximum absolute atomic E-state index is 14.2. The van der Waals surface area contributed by atoms with E-state index in [-0.39, 0.29) is 28.5 Å². The van der Waals surface area contributed by atoms with Crippen LogP contribution in [0, 0.1) is 33.2 Å². The Labute approximate surface area is 228 Å². The van der Waals surface area contributed by atoms with Crippen LogP contribution in [0.5, 0.6) is 0 Å². The summed E-state index contributed by atoms with van der Waals surface area (Å²) in [5.74, 6) is 0.803. The van der Waals surface area contributed by atoms with Crippen LogP contribution < -0.4 is 0 Å². The molecule has 1 saturated heterocycles. The van der Waals surface area contributed by atoms with Crippen LogP contribution in [0.1, 0.15) is 50.5 Å². The van der Waals surface area contributed by atoms with Crippen molar-refractivity contribution in [3.63, 3.8) is 0 Å². The van der Waals surface area contributed by atoms with Crippen LogP contribution in [0.3, 0.4) is 0 Å². The summed E-state index contributed by atoms with van der Waals surface area (Å²) < 4.78 is 16.5. The number of nitrogens with zero attached hydrogens (tertiary/aromatic N) is 5. The highest BCUT2D eigenvalue weighted by atomic mass is 79.9. The van der Waals surface area contributed by atoms with Crippen molar-refractivity contribution in [1.82, 2.24) is 19.6 Å². The molecule has 4 saturated carbocycles.